The Balaban J connectivity index is 1.83. The molecule has 21 heavy (non-hydrogen) atoms. The van der Waals surface area contributed by atoms with Gasteiger partial charge in [-0.15, -0.1) is 0 Å². The van der Waals surface area contributed by atoms with E-state index in [1.54, 1.807) is 7.11 Å². The zero-order chi connectivity index (χ0) is 14.8. The average molecular weight is 302 g/mol. The van der Waals surface area contributed by atoms with Crippen molar-refractivity contribution < 1.29 is 9.47 Å². The average Bonchev–Trinajstić information content (AvgIpc) is 2.83. The Hall–Kier alpha value is -2.13. The molecule has 0 atom stereocenters. The van der Waals surface area contributed by atoms with Crippen LogP contribution in [0.3, 0.4) is 0 Å². The van der Waals surface area contributed by atoms with Crippen molar-refractivity contribution >= 4 is 22.5 Å². The van der Waals surface area contributed by atoms with E-state index in [1.165, 1.54) is 0 Å². The molecule has 0 saturated heterocycles. The number of halogens is 1. The number of aryl methyl sites for hydroxylation is 1. The smallest absolute Gasteiger partial charge is 0.120 e. The minimum Gasteiger partial charge on any atom is -0.497 e. The molecule has 108 valence electrons. The summed E-state index contributed by atoms with van der Waals surface area (Å²) in [7, 11) is 3.64. The van der Waals surface area contributed by atoms with Gasteiger partial charge < -0.3 is 14.0 Å². The van der Waals surface area contributed by atoms with Crippen LogP contribution in [-0.2, 0) is 13.7 Å². The topological polar surface area (TPSA) is 23.4 Å². The maximum atomic E-state index is 6.25. The van der Waals surface area contributed by atoms with Gasteiger partial charge in [0.05, 0.1) is 17.6 Å². The highest BCUT2D eigenvalue weighted by molar-refractivity contribution is 6.35. The second-order valence-electron chi connectivity index (χ2n) is 4.87. The van der Waals surface area contributed by atoms with Crippen molar-refractivity contribution in [2.75, 3.05) is 7.11 Å². The van der Waals surface area contributed by atoms with E-state index in [1.807, 2.05) is 48.0 Å². The molecule has 1 heterocycles. The number of aromatic nitrogens is 1. The van der Waals surface area contributed by atoms with E-state index in [9.17, 15) is 0 Å². The lowest BCUT2D eigenvalue weighted by Crippen LogP contribution is -1.94. The molecule has 0 saturated carbocycles. The number of ether oxygens (including phenoxy) is 2. The van der Waals surface area contributed by atoms with Crippen molar-refractivity contribution in [3.05, 3.63) is 59.2 Å². The third-order valence-electron chi connectivity index (χ3n) is 3.49. The van der Waals surface area contributed by atoms with Crippen molar-refractivity contribution in [2.24, 2.45) is 7.05 Å². The van der Waals surface area contributed by atoms with Crippen molar-refractivity contribution in [1.29, 1.82) is 0 Å². The maximum Gasteiger partial charge on any atom is 0.120 e. The molecule has 3 rings (SSSR count). The first-order chi connectivity index (χ1) is 10.2. The number of nitrogens with zero attached hydrogens (tertiary/aromatic N) is 1. The van der Waals surface area contributed by atoms with Crippen LogP contribution in [0.1, 0.15) is 5.56 Å². The van der Waals surface area contributed by atoms with Crippen LogP contribution < -0.4 is 9.47 Å². The molecule has 1 aromatic heterocycles. The molecule has 0 aliphatic carbocycles. The summed E-state index contributed by atoms with van der Waals surface area (Å²) in [5.74, 6) is 1.63. The Morgan fingerprint density at radius 3 is 2.48 bits per heavy atom. The summed E-state index contributed by atoms with van der Waals surface area (Å²) in [5.41, 5.74) is 2.15. The molecule has 0 bridgehead atoms. The zero-order valence-electron chi connectivity index (χ0n) is 12.0. The van der Waals surface area contributed by atoms with E-state index >= 15 is 0 Å². The SMILES string of the molecule is COc1ccc(OCc2cn(C)c3c(Cl)cccc23)cc1. The number of methoxy groups -OCH3 is 1. The van der Waals surface area contributed by atoms with Gasteiger partial charge in [-0.3, -0.25) is 0 Å². The fraction of sp³-hybridized carbons (Fsp3) is 0.176. The molecule has 0 amide bonds. The van der Waals surface area contributed by atoms with Crippen LogP contribution in [0.15, 0.2) is 48.7 Å². The molecular weight excluding hydrogens is 286 g/mol. The van der Waals surface area contributed by atoms with Gasteiger partial charge in [0, 0.05) is 24.2 Å². The van der Waals surface area contributed by atoms with Crippen LogP contribution in [0, 0.1) is 0 Å². The van der Waals surface area contributed by atoms with Crippen molar-refractivity contribution in [3.63, 3.8) is 0 Å². The van der Waals surface area contributed by atoms with Crippen molar-refractivity contribution in [1.82, 2.24) is 4.57 Å². The first-order valence-electron chi connectivity index (χ1n) is 6.68. The Morgan fingerprint density at radius 1 is 1.05 bits per heavy atom. The molecule has 3 nitrogen and oxygen atoms in total. The largest absolute Gasteiger partial charge is 0.497 e. The van der Waals surface area contributed by atoms with E-state index in [0.717, 1.165) is 33.0 Å². The first-order valence-corrected chi connectivity index (χ1v) is 7.06. The van der Waals surface area contributed by atoms with Gasteiger partial charge in [0.15, 0.2) is 0 Å². The minimum absolute atomic E-state index is 0.504. The monoisotopic (exact) mass is 301 g/mol. The molecule has 0 fully saturated rings. The van der Waals surface area contributed by atoms with Crippen LogP contribution >= 0.6 is 11.6 Å². The molecular formula is C17H16ClNO2. The molecule has 3 aromatic rings. The molecule has 0 aliphatic rings. The van der Waals surface area contributed by atoms with Crippen LogP contribution in [-0.4, -0.2) is 11.7 Å². The van der Waals surface area contributed by atoms with Crippen molar-refractivity contribution in [2.45, 2.75) is 6.61 Å². The third-order valence-corrected chi connectivity index (χ3v) is 3.79. The lowest BCUT2D eigenvalue weighted by molar-refractivity contribution is 0.306. The third kappa shape index (κ3) is 2.69. The van der Waals surface area contributed by atoms with Gasteiger partial charge in [0.25, 0.3) is 0 Å². The second kappa shape index (κ2) is 5.70. The molecule has 0 aliphatic heterocycles. The molecule has 4 heteroatoms. The number of hydrogen-bond acceptors (Lipinski definition) is 2. The van der Waals surface area contributed by atoms with Gasteiger partial charge in [0.2, 0.25) is 0 Å². The van der Waals surface area contributed by atoms with E-state index in [-0.39, 0.29) is 0 Å². The Kier molecular flexibility index (Phi) is 3.76. The van der Waals surface area contributed by atoms with Gasteiger partial charge in [-0.1, -0.05) is 23.7 Å². The Labute approximate surface area is 128 Å². The van der Waals surface area contributed by atoms with Gasteiger partial charge in [-0.2, -0.15) is 0 Å². The Morgan fingerprint density at radius 2 is 1.76 bits per heavy atom. The summed E-state index contributed by atoms with van der Waals surface area (Å²) in [6.07, 6.45) is 2.06. The van der Waals surface area contributed by atoms with Crippen molar-refractivity contribution in [3.8, 4) is 11.5 Å². The highest BCUT2D eigenvalue weighted by atomic mass is 35.5. The predicted molar refractivity (Wildman–Crippen MR) is 85.3 cm³/mol. The zero-order valence-corrected chi connectivity index (χ0v) is 12.7. The normalized spacial score (nSPS) is 10.8. The fourth-order valence-corrected chi connectivity index (χ4v) is 2.76. The second-order valence-corrected chi connectivity index (χ2v) is 5.27. The number of rotatable bonds is 4. The summed E-state index contributed by atoms with van der Waals surface area (Å²) in [6.45, 7) is 0.504. The van der Waals surface area contributed by atoms with E-state index in [2.05, 4.69) is 12.3 Å². The molecule has 0 spiro atoms. The van der Waals surface area contributed by atoms with Crippen LogP contribution in [0.2, 0.25) is 5.02 Å². The summed E-state index contributed by atoms with van der Waals surface area (Å²) < 4.78 is 13.0. The van der Waals surface area contributed by atoms with Gasteiger partial charge in [-0.25, -0.2) is 0 Å². The van der Waals surface area contributed by atoms with Crippen LogP contribution in [0.25, 0.3) is 10.9 Å². The van der Waals surface area contributed by atoms with Gasteiger partial charge >= 0.3 is 0 Å². The Bertz CT molecular complexity index is 762. The fourth-order valence-electron chi connectivity index (χ4n) is 2.45. The quantitative estimate of drug-likeness (QED) is 0.712. The number of fused-ring (bicyclic) bond motifs is 1. The molecule has 0 unspecified atom stereocenters. The van der Waals surface area contributed by atoms with E-state index in [4.69, 9.17) is 21.1 Å². The van der Waals surface area contributed by atoms with Gasteiger partial charge in [-0.05, 0) is 30.3 Å². The highest BCUT2D eigenvalue weighted by Gasteiger charge is 2.09. The predicted octanol–water partition coefficient (Wildman–Crippen LogP) is 4.42. The van der Waals surface area contributed by atoms with Gasteiger partial charge in [0.1, 0.15) is 18.1 Å². The molecule has 2 aromatic carbocycles. The number of benzene rings is 2. The standard InChI is InChI=1S/C17H16ClNO2/c1-19-10-12(15-4-3-5-16(18)17(15)19)11-21-14-8-6-13(20-2)7-9-14/h3-10H,11H2,1-2H3. The summed E-state index contributed by atoms with van der Waals surface area (Å²) in [5, 5.41) is 1.88. The van der Waals surface area contributed by atoms with E-state index in [0.29, 0.717) is 6.61 Å². The number of hydrogen-bond donors (Lipinski definition) is 0. The molecule has 0 N–H and O–H groups in total. The van der Waals surface area contributed by atoms with Crippen LogP contribution in [0.5, 0.6) is 11.5 Å². The lowest BCUT2D eigenvalue weighted by Gasteiger charge is -2.06. The summed E-state index contributed by atoms with van der Waals surface area (Å²) in [4.78, 5) is 0. The van der Waals surface area contributed by atoms with Crippen LogP contribution in [0.4, 0.5) is 0 Å². The highest BCUT2D eigenvalue weighted by Crippen LogP contribution is 2.28. The number of para-hydroxylation sites is 1. The minimum atomic E-state index is 0.504. The first kappa shape index (κ1) is 13.8. The maximum absolute atomic E-state index is 6.25. The summed E-state index contributed by atoms with van der Waals surface area (Å²) in [6, 6.07) is 13.5. The summed E-state index contributed by atoms with van der Waals surface area (Å²) >= 11 is 6.25. The lowest BCUT2D eigenvalue weighted by atomic mass is 10.2. The van der Waals surface area contributed by atoms with E-state index < -0.39 is 0 Å². The molecule has 0 radical (unpaired) electrons.